The molecule has 0 aliphatic rings. The number of benzene rings is 1. The van der Waals surface area contributed by atoms with E-state index in [1.54, 1.807) is 5.38 Å². The van der Waals surface area contributed by atoms with E-state index in [0.29, 0.717) is 18.7 Å². The quantitative estimate of drug-likeness (QED) is 0.780. The Morgan fingerprint density at radius 1 is 1.35 bits per heavy atom. The molecule has 0 aliphatic heterocycles. The summed E-state index contributed by atoms with van der Waals surface area (Å²) in [6, 6.07) is 7.96. The van der Waals surface area contributed by atoms with Gasteiger partial charge in [0.2, 0.25) is 0 Å². The predicted octanol–water partition coefficient (Wildman–Crippen LogP) is 2.74. The molecule has 2 aromatic rings. The third-order valence-corrected chi connectivity index (χ3v) is 4.54. The van der Waals surface area contributed by atoms with Gasteiger partial charge in [0, 0.05) is 24.0 Å². The van der Waals surface area contributed by atoms with Crippen molar-refractivity contribution in [3.05, 3.63) is 45.9 Å². The zero-order valence-electron chi connectivity index (χ0n) is 13.7. The normalized spacial score (nSPS) is 11.0. The summed E-state index contributed by atoms with van der Waals surface area (Å²) in [5.74, 6) is -0.176. The lowest BCUT2D eigenvalue weighted by Crippen LogP contribution is -2.22. The molecule has 0 saturated heterocycles. The molecular formula is C17H24N4OS. The molecule has 1 aromatic carbocycles. The molecule has 0 atom stereocenters. The molecule has 0 unspecified atom stereocenters. The van der Waals surface area contributed by atoms with Gasteiger partial charge in [0.15, 0.2) is 0 Å². The van der Waals surface area contributed by atoms with E-state index in [1.807, 2.05) is 18.2 Å². The van der Waals surface area contributed by atoms with Crippen molar-refractivity contribution in [3.8, 4) is 0 Å². The van der Waals surface area contributed by atoms with E-state index >= 15 is 0 Å². The van der Waals surface area contributed by atoms with E-state index in [0.717, 1.165) is 30.3 Å². The van der Waals surface area contributed by atoms with Crippen LogP contribution in [0.5, 0.6) is 0 Å². The molecule has 1 amide bonds. The molecule has 0 spiro atoms. The van der Waals surface area contributed by atoms with Gasteiger partial charge in [0.05, 0.1) is 5.01 Å². The highest BCUT2D eigenvalue weighted by molar-refractivity contribution is 7.09. The lowest BCUT2D eigenvalue weighted by Gasteiger charge is -2.18. The number of carbonyl (C=O) groups excluding carboxylic acids is 1. The molecule has 0 aliphatic carbocycles. The van der Waals surface area contributed by atoms with Gasteiger partial charge in [-0.25, -0.2) is 4.98 Å². The summed E-state index contributed by atoms with van der Waals surface area (Å²) in [5, 5.41) is 5.59. The second-order valence-electron chi connectivity index (χ2n) is 5.28. The van der Waals surface area contributed by atoms with Crippen molar-refractivity contribution in [1.82, 2.24) is 9.88 Å². The molecule has 1 aromatic heterocycles. The van der Waals surface area contributed by atoms with E-state index in [-0.39, 0.29) is 5.91 Å². The lowest BCUT2D eigenvalue weighted by atomic mass is 10.2. The highest BCUT2D eigenvalue weighted by Gasteiger charge is 2.11. The minimum Gasteiger partial charge on any atom is -0.330 e. The highest BCUT2D eigenvalue weighted by Crippen LogP contribution is 2.15. The predicted molar refractivity (Wildman–Crippen MR) is 95.9 cm³/mol. The Bertz CT molecular complexity index is 637. The third-order valence-electron chi connectivity index (χ3n) is 3.63. The van der Waals surface area contributed by atoms with Crippen molar-refractivity contribution in [3.63, 3.8) is 0 Å². The molecule has 0 bridgehead atoms. The van der Waals surface area contributed by atoms with Gasteiger partial charge in [-0.3, -0.25) is 9.69 Å². The van der Waals surface area contributed by atoms with E-state index in [9.17, 15) is 4.79 Å². The van der Waals surface area contributed by atoms with Crippen LogP contribution in [0, 0.1) is 0 Å². The molecule has 1 heterocycles. The fraction of sp³-hybridized carbons (Fsp3) is 0.412. The SMILES string of the molecule is CCN(CC)Cc1cccc(NC(=O)c2csc(CCN)n2)c1. The molecule has 124 valence electrons. The maximum atomic E-state index is 12.3. The first-order valence-electron chi connectivity index (χ1n) is 7.93. The van der Waals surface area contributed by atoms with Gasteiger partial charge in [-0.15, -0.1) is 11.3 Å². The van der Waals surface area contributed by atoms with Crippen LogP contribution in [0.15, 0.2) is 29.6 Å². The van der Waals surface area contributed by atoms with Crippen molar-refractivity contribution < 1.29 is 4.79 Å². The van der Waals surface area contributed by atoms with Crippen molar-refractivity contribution in [2.45, 2.75) is 26.8 Å². The summed E-state index contributed by atoms with van der Waals surface area (Å²) >= 11 is 1.47. The second-order valence-corrected chi connectivity index (χ2v) is 6.22. The average molecular weight is 332 g/mol. The summed E-state index contributed by atoms with van der Waals surface area (Å²) in [6.45, 7) is 7.74. The minimum absolute atomic E-state index is 0.176. The first kappa shape index (κ1) is 17.6. The van der Waals surface area contributed by atoms with Gasteiger partial charge in [-0.2, -0.15) is 0 Å². The Hall–Kier alpha value is -1.76. The Morgan fingerprint density at radius 3 is 2.83 bits per heavy atom. The average Bonchev–Trinajstić information content (AvgIpc) is 3.02. The number of rotatable bonds is 8. The summed E-state index contributed by atoms with van der Waals surface area (Å²) < 4.78 is 0. The Kier molecular flexibility index (Phi) is 6.70. The van der Waals surface area contributed by atoms with Crippen molar-refractivity contribution in [1.29, 1.82) is 0 Å². The van der Waals surface area contributed by atoms with Gasteiger partial charge < -0.3 is 11.1 Å². The van der Waals surface area contributed by atoms with Crippen LogP contribution in [0.25, 0.3) is 0 Å². The zero-order valence-corrected chi connectivity index (χ0v) is 14.5. The number of amides is 1. The molecular weight excluding hydrogens is 308 g/mol. The third kappa shape index (κ3) is 5.13. The van der Waals surface area contributed by atoms with Gasteiger partial charge >= 0.3 is 0 Å². The molecule has 23 heavy (non-hydrogen) atoms. The van der Waals surface area contributed by atoms with Crippen LogP contribution in [-0.4, -0.2) is 35.4 Å². The summed E-state index contributed by atoms with van der Waals surface area (Å²) in [7, 11) is 0. The van der Waals surface area contributed by atoms with Crippen LogP contribution in [0.1, 0.15) is 34.9 Å². The lowest BCUT2D eigenvalue weighted by molar-refractivity contribution is 0.102. The Labute approximate surface area is 141 Å². The number of hydrogen-bond donors (Lipinski definition) is 2. The molecule has 6 heteroatoms. The maximum absolute atomic E-state index is 12.3. The van der Waals surface area contributed by atoms with E-state index in [2.05, 4.69) is 35.1 Å². The number of hydrogen-bond acceptors (Lipinski definition) is 5. The maximum Gasteiger partial charge on any atom is 0.275 e. The Morgan fingerprint density at radius 2 is 2.13 bits per heavy atom. The standard InChI is InChI=1S/C17H24N4OS/c1-3-21(4-2)11-13-6-5-7-14(10-13)19-17(22)15-12-23-16(20-15)8-9-18/h5-7,10,12H,3-4,8-9,11,18H2,1-2H3,(H,19,22). The number of anilines is 1. The molecule has 0 fully saturated rings. The molecule has 5 nitrogen and oxygen atoms in total. The molecule has 3 N–H and O–H groups in total. The minimum atomic E-state index is -0.176. The molecule has 0 saturated carbocycles. The first-order valence-corrected chi connectivity index (χ1v) is 8.81. The molecule has 2 rings (SSSR count). The Balaban J connectivity index is 2.02. The number of aromatic nitrogens is 1. The smallest absolute Gasteiger partial charge is 0.275 e. The van der Waals surface area contributed by atoms with Gasteiger partial charge in [-0.1, -0.05) is 26.0 Å². The van der Waals surface area contributed by atoms with Crippen LogP contribution >= 0.6 is 11.3 Å². The van der Waals surface area contributed by atoms with Gasteiger partial charge in [0.1, 0.15) is 5.69 Å². The summed E-state index contributed by atoms with van der Waals surface area (Å²) in [5.41, 5.74) is 7.95. The van der Waals surface area contributed by atoms with Crippen molar-refractivity contribution in [2.75, 3.05) is 25.0 Å². The number of carbonyl (C=O) groups is 1. The highest BCUT2D eigenvalue weighted by atomic mass is 32.1. The summed E-state index contributed by atoms with van der Waals surface area (Å²) in [4.78, 5) is 18.9. The van der Waals surface area contributed by atoms with Crippen LogP contribution in [0.2, 0.25) is 0 Å². The number of nitrogens with one attached hydrogen (secondary N) is 1. The van der Waals surface area contributed by atoms with Crippen molar-refractivity contribution >= 4 is 22.9 Å². The van der Waals surface area contributed by atoms with E-state index < -0.39 is 0 Å². The van der Waals surface area contributed by atoms with Crippen LogP contribution in [-0.2, 0) is 13.0 Å². The second kappa shape index (κ2) is 8.76. The number of nitrogens with zero attached hydrogens (tertiary/aromatic N) is 2. The zero-order chi connectivity index (χ0) is 16.7. The van der Waals surface area contributed by atoms with Crippen molar-refractivity contribution in [2.24, 2.45) is 5.73 Å². The molecule has 0 radical (unpaired) electrons. The van der Waals surface area contributed by atoms with Gasteiger partial charge in [0.25, 0.3) is 5.91 Å². The topological polar surface area (TPSA) is 71.2 Å². The van der Waals surface area contributed by atoms with E-state index in [4.69, 9.17) is 5.73 Å². The van der Waals surface area contributed by atoms with Crippen LogP contribution in [0.4, 0.5) is 5.69 Å². The van der Waals surface area contributed by atoms with Crippen LogP contribution in [0.3, 0.4) is 0 Å². The fourth-order valence-electron chi connectivity index (χ4n) is 2.30. The van der Waals surface area contributed by atoms with Crippen LogP contribution < -0.4 is 11.1 Å². The number of nitrogens with two attached hydrogens (primary N) is 1. The fourth-order valence-corrected chi connectivity index (χ4v) is 3.10. The van der Waals surface area contributed by atoms with Gasteiger partial charge in [-0.05, 0) is 37.3 Å². The monoisotopic (exact) mass is 332 g/mol. The van der Waals surface area contributed by atoms with E-state index in [1.165, 1.54) is 16.9 Å². The number of thiazole rings is 1. The first-order chi connectivity index (χ1) is 11.2. The summed E-state index contributed by atoms with van der Waals surface area (Å²) in [6.07, 6.45) is 0.706. The largest absolute Gasteiger partial charge is 0.330 e.